The maximum atomic E-state index is 12.6. The Balaban J connectivity index is 1.16. The number of piperidine rings is 2. The Hall–Kier alpha value is -1.74. The van der Waals surface area contributed by atoms with E-state index in [-0.39, 0.29) is 17.7 Å². The van der Waals surface area contributed by atoms with Gasteiger partial charge in [0.1, 0.15) is 0 Å². The van der Waals surface area contributed by atoms with Crippen LogP contribution in [0.15, 0.2) is 0 Å². The van der Waals surface area contributed by atoms with Crippen LogP contribution < -0.4 is 15.1 Å². The first-order valence-corrected chi connectivity index (χ1v) is 12.7. The normalized spacial score (nSPS) is 25.9. The fourth-order valence-corrected chi connectivity index (χ4v) is 6.20. The lowest BCUT2D eigenvalue weighted by atomic mass is 9.92. The van der Waals surface area contributed by atoms with Crippen molar-refractivity contribution in [1.29, 1.82) is 0 Å². The minimum atomic E-state index is 0.0823. The zero-order valence-electron chi connectivity index (χ0n) is 18.9. The molecular formula is C22H36N6O2S. The first-order valence-electron chi connectivity index (χ1n) is 11.9. The molecule has 3 aliphatic rings. The number of nitrogens with zero attached hydrogens (tertiary/aromatic N) is 5. The molecule has 31 heavy (non-hydrogen) atoms. The van der Waals surface area contributed by atoms with Crippen molar-refractivity contribution in [3.8, 4) is 0 Å². The summed E-state index contributed by atoms with van der Waals surface area (Å²) in [7, 11) is 0. The number of hydrogen-bond acceptors (Lipinski definition) is 7. The van der Waals surface area contributed by atoms with Gasteiger partial charge in [-0.15, -0.1) is 10.2 Å². The molecule has 2 atom stereocenters. The van der Waals surface area contributed by atoms with Crippen LogP contribution in [0.2, 0.25) is 0 Å². The fraction of sp³-hybridized carbons (Fsp3) is 0.818. The van der Waals surface area contributed by atoms with Gasteiger partial charge in [-0.3, -0.25) is 14.5 Å². The molecular weight excluding hydrogens is 412 g/mol. The summed E-state index contributed by atoms with van der Waals surface area (Å²) >= 11 is 1.48. The third kappa shape index (κ3) is 5.74. The Morgan fingerprint density at radius 3 is 2.48 bits per heavy atom. The summed E-state index contributed by atoms with van der Waals surface area (Å²) < 4.78 is 0. The first-order chi connectivity index (χ1) is 15.0. The number of hydrogen-bond donors (Lipinski definition) is 1. The van der Waals surface area contributed by atoms with Gasteiger partial charge in [-0.25, -0.2) is 0 Å². The predicted molar refractivity (Wildman–Crippen MR) is 123 cm³/mol. The highest BCUT2D eigenvalue weighted by Gasteiger charge is 2.29. The molecule has 0 bridgehead atoms. The Morgan fingerprint density at radius 1 is 1.10 bits per heavy atom. The van der Waals surface area contributed by atoms with Crippen molar-refractivity contribution in [2.24, 2.45) is 17.8 Å². The van der Waals surface area contributed by atoms with Crippen molar-refractivity contribution in [3.05, 3.63) is 0 Å². The predicted octanol–water partition coefficient (Wildman–Crippen LogP) is 2.37. The maximum absolute atomic E-state index is 12.6. The van der Waals surface area contributed by atoms with Gasteiger partial charge in [0, 0.05) is 51.6 Å². The standard InChI is InChI=1S/C22H36N6O2S/c1-16-13-17(2)15-26(14-16)9-4-8-23-20(30)18-6-11-27(12-7-18)21-24-25-22(31-21)28-10-3-5-19(28)29/h16-18H,3-15H2,1-2H3,(H,23,30)/t16-,17-/m0/s1. The molecule has 3 fully saturated rings. The molecule has 172 valence electrons. The smallest absolute Gasteiger partial charge is 0.228 e. The lowest BCUT2D eigenvalue weighted by Crippen LogP contribution is -2.42. The van der Waals surface area contributed by atoms with E-state index in [2.05, 4.69) is 39.2 Å². The summed E-state index contributed by atoms with van der Waals surface area (Å²) in [6, 6.07) is 0. The Bertz CT molecular complexity index is 753. The minimum absolute atomic E-state index is 0.0823. The number of rotatable bonds is 7. The van der Waals surface area contributed by atoms with Gasteiger partial charge in [0.15, 0.2) is 0 Å². The SMILES string of the molecule is C[C@H]1C[C@H](C)CN(CCCNC(=O)C2CCN(c3nnc(N4CCCC4=O)s3)CC2)C1. The molecule has 8 nitrogen and oxygen atoms in total. The quantitative estimate of drug-likeness (QED) is 0.645. The highest BCUT2D eigenvalue weighted by Crippen LogP contribution is 2.32. The van der Waals surface area contributed by atoms with Crippen LogP contribution in [0.5, 0.6) is 0 Å². The van der Waals surface area contributed by atoms with Crippen LogP contribution in [-0.4, -0.2) is 72.7 Å². The molecule has 4 rings (SSSR count). The third-order valence-electron chi connectivity index (χ3n) is 6.74. The second kappa shape index (κ2) is 10.3. The van der Waals surface area contributed by atoms with Crippen LogP contribution >= 0.6 is 11.3 Å². The monoisotopic (exact) mass is 448 g/mol. The summed E-state index contributed by atoms with van der Waals surface area (Å²) in [4.78, 5) is 31.0. The second-order valence-corrected chi connectivity index (χ2v) is 10.6. The second-order valence-electron chi connectivity index (χ2n) is 9.63. The van der Waals surface area contributed by atoms with Crippen molar-refractivity contribution >= 4 is 33.4 Å². The average molecular weight is 449 g/mol. The lowest BCUT2D eigenvalue weighted by Gasteiger charge is -2.35. The average Bonchev–Trinajstić information content (AvgIpc) is 3.39. The minimum Gasteiger partial charge on any atom is -0.356 e. The van der Waals surface area contributed by atoms with Gasteiger partial charge in [0.25, 0.3) is 0 Å². The van der Waals surface area contributed by atoms with Gasteiger partial charge < -0.3 is 15.1 Å². The van der Waals surface area contributed by atoms with Crippen molar-refractivity contribution in [2.75, 3.05) is 55.6 Å². The van der Waals surface area contributed by atoms with Gasteiger partial charge in [-0.2, -0.15) is 0 Å². The van der Waals surface area contributed by atoms with Gasteiger partial charge in [0.05, 0.1) is 0 Å². The molecule has 2 amide bonds. The summed E-state index contributed by atoms with van der Waals surface area (Å²) in [6.07, 6.45) is 5.53. The Kier molecular flexibility index (Phi) is 7.43. The van der Waals surface area contributed by atoms with E-state index < -0.39 is 0 Å². The van der Waals surface area contributed by atoms with Gasteiger partial charge in [0.2, 0.25) is 22.1 Å². The van der Waals surface area contributed by atoms with E-state index in [1.165, 1.54) is 30.8 Å². The van der Waals surface area contributed by atoms with E-state index in [1.54, 1.807) is 4.90 Å². The number of carbonyl (C=O) groups excluding carboxylic acids is 2. The number of carbonyl (C=O) groups is 2. The largest absolute Gasteiger partial charge is 0.356 e. The number of nitrogens with one attached hydrogen (secondary N) is 1. The Morgan fingerprint density at radius 2 is 1.81 bits per heavy atom. The number of amides is 2. The molecule has 0 aromatic carbocycles. The van der Waals surface area contributed by atoms with Crippen LogP contribution in [-0.2, 0) is 9.59 Å². The third-order valence-corrected chi connectivity index (χ3v) is 7.75. The summed E-state index contributed by atoms with van der Waals surface area (Å²) in [5.74, 6) is 1.98. The van der Waals surface area contributed by atoms with Gasteiger partial charge in [-0.05, 0) is 50.5 Å². The van der Waals surface area contributed by atoms with E-state index in [1.807, 2.05) is 0 Å². The first kappa shape index (κ1) is 22.5. The summed E-state index contributed by atoms with van der Waals surface area (Å²) in [5.41, 5.74) is 0. The lowest BCUT2D eigenvalue weighted by molar-refractivity contribution is -0.125. The van der Waals surface area contributed by atoms with Crippen LogP contribution in [0.25, 0.3) is 0 Å². The van der Waals surface area contributed by atoms with E-state index in [0.29, 0.717) is 11.6 Å². The number of anilines is 2. The molecule has 4 heterocycles. The van der Waals surface area contributed by atoms with Crippen LogP contribution in [0.3, 0.4) is 0 Å². The van der Waals surface area contributed by atoms with Crippen LogP contribution in [0.4, 0.5) is 10.3 Å². The molecule has 9 heteroatoms. The highest BCUT2D eigenvalue weighted by molar-refractivity contribution is 7.19. The van der Waals surface area contributed by atoms with E-state index in [4.69, 9.17) is 0 Å². The van der Waals surface area contributed by atoms with Crippen molar-refractivity contribution in [3.63, 3.8) is 0 Å². The van der Waals surface area contributed by atoms with Crippen molar-refractivity contribution in [2.45, 2.75) is 52.4 Å². The maximum Gasteiger partial charge on any atom is 0.228 e. The zero-order chi connectivity index (χ0) is 21.8. The van der Waals surface area contributed by atoms with E-state index in [9.17, 15) is 9.59 Å². The Labute approximate surface area is 189 Å². The number of aromatic nitrogens is 2. The molecule has 0 aliphatic carbocycles. The van der Waals surface area contributed by atoms with Crippen LogP contribution in [0, 0.1) is 17.8 Å². The molecule has 0 saturated carbocycles. The molecule has 0 radical (unpaired) electrons. The van der Waals surface area contributed by atoms with Gasteiger partial charge >= 0.3 is 0 Å². The molecule has 0 unspecified atom stereocenters. The molecule has 1 aromatic rings. The topological polar surface area (TPSA) is 81.7 Å². The van der Waals surface area contributed by atoms with E-state index >= 15 is 0 Å². The molecule has 1 N–H and O–H groups in total. The molecule has 0 spiro atoms. The van der Waals surface area contributed by atoms with Gasteiger partial charge in [-0.1, -0.05) is 25.2 Å². The molecule has 1 aromatic heterocycles. The fourth-order valence-electron chi connectivity index (χ4n) is 5.26. The van der Waals surface area contributed by atoms with Crippen molar-refractivity contribution < 1.29 is 9.59 Å². The summed E-state index contributed by atoms with van der Waals surface area (Å²) in [5, 5.41) is 13.2. The number of likely N-dealkylation sites (tertiary alicyclic amines) is 1. The van der Waals surface area contributed by atoms with E-state index in [0.717, 1.165) is 75.4 Å². The highest BCUT2D eigenvalue weighted by atomic mass is 32.1. The van der Waals surface area contributed by atoms with Crippen molar-refractivity contribution in [1.82, 2.24) is 20.4 Å². The molecule has 3 saturated heterocycles. The molecule has 3 aliphatic heterocycles. The zero-order valence-corrected chi connectivity index (χ0v) is 19.7. The summed E-state index contributed by atoms with van der Waals surface area (Å²) in [6.45, 7) is 11.3. The van der Waals surface area contributed by atoms with Crippen LogP contribution in [0.1, 0.15) is 52.4 Å².